The van der Waals surface area contributed by atoms with E-state index in [4.69, 9.17) is 9.47 Å². The molecule has 27 heavy (non-hydrogen) atoms. The van der Waals surface area contributed by atoms with Crippen LogP contribution in [0.15, 0.2) is 24.3 Å². The molecule has 0 unspecified atom stereocenters. The maximum absolute atomic E-state index is 11.9. The average molecular weight is 379 g/mol. The van der Waals surface area contributed by atoms with E-state index in [-0.39, 0.29) is 6.04 Å². The molecule has 3 N–H and O–H groups in total. The van der Waals surface area contributed by atoms with Crippen molar-refractivity contribution in [3.63, 3.8) is 0 Å². The second kappa shape index (κ2) is 11.5. The van der Waals surface area contributed by atoms with Gasteiger partial charge in [-0.3, -0.25) is 19.7 Å². The molecule has 0 bridgehead atoms. The lowest BCUT2D eigenvalue weighted by molar-refractivity contribution is -0.147. The lowest BCUT2D eigenvalue weighted by Crippen LogP contribution is -2.45. The standard InChI is InChI=1S/C18H25N3O6/c1-4-12(3)20-18(25)21-15(22)11-27-16(23)10-19-17(24)13-6-8-14(9-7-13)26-5-2/h6-9,12H,4-5,10-11H2,1-3H3,(H,19,24)(H2,20,21,22,25)/t12-/m0/s1. The molecule has 0 fully saturated rings. The zero-order valence-electron chi connectivity index (χ0n) is 15.7. The Morgan fingerprint density at radius 3 is 2.33 bits per heavy atom. The highest BCUT2D eigenvalue weighted by Gasteiger charge is 2.13. The number of hydrogen-bond donors (Lipinski definition) is 3. The fourth-order valence-corrected chi connectivity index (χ4v) is 1.85. The first-order chi connectivity index (χ1) is 12.8. The summed E-state index contributed by atoms with van der Waals surface area (Å²) in [6.45, 7) is 5.02. The molecule has 0 aliphatic rings. The van der Waals surface area contributed by atoms with Gasteiger partial charge in [0.2, 0.25) is 0 Å². The van der Waals surface area contributed by atoms with Crippen molar-refractivity contribution in [2.24, 2.45) is 0 Å². The second-order valence-electron chi connectivity index (χ2n) is 5.63. The molecular formula is C18H25N3O6. The number of esters is 1. The Morgan fingerprint density at radius 2 is 1.74 bits per heavy atom. The lowest BCUT2D eigenvalue weighted by atomic mass is 10.2. The van der Waals surface area contributed by atoms with Gasteiger partial charge < -0.3 is 20.1 Å². The van der Waals surface area contributed by atoms with E-state index in [2.05, 4.69) is 10.6 Å². The second-order valence-corrected chi connectivity index (χ2v) is 5.63. The Balaban J connectivity index is 2.30. The summed E-state index contributed by atoms with van der Waals surface area (Å²) in [5, 5.41) is 6.97. The quantitative estimate of drug-likeness (QED) is 0.550. The predicted octanol–water partition coefficient (Wildman–Crippen LogP) is 0.983. The Morgan fingerprint density at radius 1 is 1.07 bits per heavy atom. The van der Waals surface area contributed by atoms with E-state index in [0.717, 1.165) is 0 Å². The van der Waals surface area contributed by atoms with Gasteiger partial charge in [-0.25, -0.2) is 4.79 Å². The van der Waals surface area contributed by atoms with E-state index < -0.39 is 37.0 Å². The molecule has 0 aliphatic carbocycles. The number of imide groups is 1. The minimum absolute atomic E-state index is 0.0850. The molecule has 4 amide bonds. The van der Waals surface area contributed by atoms with Gasteiger partial charge in [-0.05, 0) is 44.5 Å². The monoisotopic (exact) mass is 379 g/mol. The van der Waals surface area contributed by atoms with Crippen molar-refractivity contribution in [2.75, 3.05) is 19.8 Å². The third-order valence-electron chi connectivity index (χ3n) is 3.43. The molecule has 0 radical (unpaired) electrons. The summed E-state index contributed by atoms with van der Waals surface area (Å²) in [7, 11) is 0. The molecule has 0 heterocycles. The van der Waals surface area contributed by atoms with Crippen LogP contribution in [0.25, 0.3) is 0 Å². The summed E-state index contributed by atoms with van der Waals surface area (Å²) in [5.74, 6) is -1.39. The summed E-state index contributed by atoms with van der Waals surface area (Å²) in [4.78, 5) is 46.5. The fraction of sp³-hybridized carbons (Fsp3) is 0.444. The third kappa shape index (κ3) is 8.70. The minimum atomic E-state index is -0.799. The van der Waals surface area contributed by atoms with Crippen LogP contribution in [0.1, 0.15) is 37.6 Å². The molecule has 0 aliphatic heterocycles. The summed E-state index contributed by atoms with van der Waals surface area (Å²) in [5.41, 5.74) is 0.353. The molecular weight excluding hydrogens is 354 g/mol. The van der Waals surface area contributed by atoms with Crippen molar-refractivity contribution in [3.05, 3.63) is 29.8 Å². The summed E-state index contributed by atoms with van der Waals surface area (Å²) < 4.78 is 9.98. The number of amides is 4. The van der Waals surface area contributed by atoms with Crippen LogP contribution in [0.4, 0.5) is 4.79 Å². The molecule has 1 atom stereocenters. The van der Waals surface area contributed by atoms with Gasteiger partial charge in [0.05, 0.1) is 6.61 Å². The van der Waals surface area contributed by atoms with E-state index in [1.54, 1.807) is 31.2 Å². The highest BCUT2D eigenvalue weighted by Crippen LogP contribution is 2.11. The van der Waals surface area contributed by atoms with Crippen LogP contribution in [-0.2, 0) is 14.3 Å². The molecule has 1 rings (SSSR count). The van der Waals surface area contributed by atoms with Gasteiger partial charge in [0, 0.05) is 11.6 Å². The van der Waals surface area contributed by atoms with Crippen molar-refractivity contribution < 1.29 is 28.7 Å². The largest absolute Gasteiger partial charge is 0.494 e. The van der Waals surface area contributed by atoms with E-state index in [1.807, 2.05) is 19.2 Å². The van der Waals surface area contributed by atoms with Crippen LogP contribution in [0.2, 0.25) is 0 Å². The molecule has 1 aromatic carbocycles. The summed E-state index contributed by atoms with van der Waals surface area (Å²) in [6, 6.07) is 5.67. The topological polar surface area (TPSA) is 123 Å². The highest BCUT2D eigenvalue weighted by molar-refractivity contribution is 5.97. The normalized spacial score (nSPS) is 11.1. The zero-order chi connectivity index (χ0) is 20.2. The Kier molecular flexibility index (Phi) is 9.35. The number of carbonyl (C=O) groups is 4. The molecule has 0 saturated heterocycles. The van der Waals surface area contributed by atoms with Crippen molar-refractivity contribution in [2.45, 2.75) is 33.2 Å². The van der Waals surface area contributed by atoms with Crippen molar-refractivity contribution in [1.29, 1.82) is 0 Å². The van der Waals surface area contributed by atoms with Crippen LogP contribution < -0.4 is 20.7 Å². The van der Waals surface area contributed by atoms with Crippen LogP contribution in [-0.4, -0.2) is 49.6 Å². The maximum atomic E-state index is 11.9. The molecule has 148 valence electrons. The zero-order valence-corrected chi connectivity index (χ0v) is 15.7. The number of carbonyl (C=O) groups excluding carboxylic acids is 4. The molecule has 9 heteroatoms. The first-order valence-electron chi connectivity index (χ1n) is 8.62. The van der Waals surface area contributed by atoms with E-state index >= 15 is 0 Å². The molecule has 1 aromatic rings. The minimum Gasteiger partial charge on any atom is -0.494 e. The number of nitrogens with one attached hydrogen (secondary N) is 3. The van der Waals surface area contributed by atoms with Crippen molar-refractivity contribution in [1.82, 2.24) is 16.0 Å². The third-order valence-corrected chi connectivity index (χ3v) is 3.43. The number of benzene rings is 1. The SMILES string of the molecule is CCOc1ccc(C(=O)NCC(=O)OCC(=O)NC(=O)N[C@@H](C)CC)cc1. The molecule has 0 spiro atoms. The van der Waals surface area contributed by atoms with Gasteiger partial charge in [-0.2, -0.15) is 0 Å². The Bertz CT molecular complexity index is 660. The van der Waals surface area contributed by atoms with Crippen LogP contribution in [0.5, 0.6) is 5.75 Å². The lowest BCUT2D eigenvalue weighted by Gasteiger charge is -2.12. The van der Waals surface area contributed by atoms with E-state index in [1.165, 1.54) is 0 Å². The highest BCUT2D eigenvalue weighted by atomic mass is 16.5. The summed E-state index contributed by atoms with van der Waals surface area (Å²) in [6.07, 6.45) is 0.713. The first-order valence-corrected chi connectivity index (χ1v) is 8.62. The number of rotatable bonds is 9. The Hall–Kier alpha value is -3.10. The Labute approximate surface area is 157 Å². The van der Waals surface area contributed by atoms with Crippen molar-refractivity contribution in [3.8, 4) is 5.75 Å². The van der Waals surface area contributed by atoms with E-state index in [9.17, 15) is 19.2 Å². The number of hydrogen-bond acceptors (Lipinski definition) is 6. The van der Waals surface area contributed by atoms with Gasteiger partial charge in [-0.15, -0.1) is 0 Å². The average Bonchev–Trinajstić information content (AvgIpc) is 2.65. The van der Waals surface area contributed by atoms with Gasteiger partial charge in [0.15, 0.2) is 6.61 Å². The van der Waals surface area contributed by atoms with Gasteiger partial charge in [0.1, 0.15) is 12.3 Å². The van der Waals surface area contributed by atoms with E-state index in [0.29, 0.717) is 24.3 Å². The maximum Gasteiger partial charge on any atom is 0.325 e. The molecule has 0 saturated carbocycles. The smallest absolute Gasteiger partial charge is 0.325 e. The van der Waals surface area contributed by atoms with Crippen molar-refractivity contribution >= 4 is 23.8 Å². The first kappa shape index (κ1) is 21.9. The number of ether oxygens (including phenoxy) is 2. The van der Waals surface area contributed by atoms with Gasteiger partial charge >= 0.3 is 12.0 Å². The molecule has 0 aromatic heterocycles. The van der Waals surface area contributed by atoms with Gasteiger partial charge in [-0.1, -0.05) is 6.92 Å². The van der Waals surface area contributed by atoms with Gasteiger partial charge in [0.25, 0.3) is 11.8 Å². The van der Waals surface area contributed by atoms with Crippen LogP contribution in [0, 0.1) is 0 Å². The predicted molar refractivity (Wildman–Crippen MR) is 97.3 cm³/mol. The van der Waals surface area contributed by atoms with Crippen LogP contribution >= 0.6 is 0 Å². The summed E-state index contributed by atoms with van der Waals surface area (Å²) >= 11 is 0. The number of urea groups is 1. The molecule has 9 nitrogen and oxygen atoms in total. The van der Waals surface area contributed by atoms with Crippen LogP contribution in [0.3, 0.4) is 0 Å². The fourth-order valence-electron chi connectivity index (χ4n) is 1.85.